The van der Waals surface area contributed by atoms with E-state index in [-0.39, 0.29) is 11.9 Å². The Kier molecular flexibility index (Phi) is 8.34. The van der Waals surface area contributed by atoms with Crippen LogP contribution in [0.4, 0.5) is 5.82 Å². The molecular formula is C29H36N6O2. The molecule has 5 rings (SSSR count). The summed E-state index contributed by atoms with van der Waals surface area (Å²) in [4.78, 5) is 14.0. The van der Waals surface area contributed by atoms with Crippen LogP contribution in [0.3, 0.4) is 0 Å². The van der Waals surface area contributed by atoms with Gasteiger partial charge in [-0.1, -0.05) is 30.3 Å². The van der Waals surface area contributed by atoms with Crippen LogP contribution in [0.1, 0.15) is 43.5 Å². The van der Waals surface area contributed by atoms with E-state index in [2.05, 4.69) is 61.5 Å². The molecule has 3 aromatic rings. The molecule has 8 heteroatoms. The van der Waals surface area contributed by atoms with Gasteiger partial charge in [-0.05, 0) is 56.8 Å². The Bertz CT molecular complexity index is 1210. The lowest BCUT2D eigenvalue weighted by Crippen LogP contribution is -2.38. The number of nitriles is 1. The molecule has 0 bridgehead atoms. The van der Waals surface area contributed by atoms with Crippen molar-refractivity contribution in [2.24, 2.45) is 0 Å². The molecule has 3 heterocycles. The molecule has 194 valence electrons. The number of hydrogen-bond acceptors (Lipinski definition) is 8. The Morgan fingerprint density at radius 3 is 2.51 bits per heavy atom. The highest BCUT2D eigenvalue weighted by atomic mass is 16.5. The third kappa shape index (κ3) is 6.48. The van der Waals surface area contributed by atoms with Crippen molar-refractivity contribution in [3.05, 3.63) is 53.9 Å². The fourth-order valence-electron chi connectivity index (χ4n) is 5.32. The van der Waals surface area contributed by atoms with Crippen LogP contribution in [-0.2, 0) is 6.54 Å². The number of fused-ring (bicyclic) bond motifs is 1. The number of aromatic nitrogens is 2. The molecule has 0 saturated carbocycles. The van der Waals surface area contributed by atoms with Crippen LogP contribution in [0.15, 0.2) is 42.5 Å². The number of nitrogens with one attached hydrogen (secondary N) is 1. The Balaban J connectivity index is 1.26. The van der Waals surface area contributed by atoms with E-state index in [0.29, 0.717) is 29.4 Å². The number of likely N-dealkylation sites (tertiary alicyclic amines) is 2. The maximum atomic E-state index is 9.58. The molecule has 0 spiro atoms. The molecule has 0 amide bonds. The van der Waals surface area contributed by atoms with Gasteiger partial charge < -0.3 is 19.7 Å². The Labute approximate surface area is 219 Å². The van der Waals surface area contributed by atoms with Gasteiger partial charge in [0.1, 0.15) is 11.9 Å². The van der Waals surface area contributed by atoms with Crippen LogP contribution in [0, 0.1) is 11.3 Å². The van der Waals surface area contributed by atoms with E-state index in [1.54, 1.807) is 7.11 Å². The van der Waals surface area contributed by atoms with Gasteiger partial charge in [0.25, 0.3) is 0 Å². The van der Waals surface area contributed by atoms with Crippen LogP contribution in [0.5, 0.6) is 11.5 Å². The molecule has 0 unspecified atom stereocenters. The maximum Gasteiger partial charge on any atom is 0.234 e. The van der Waals surface area contributed by atoms with Crippen LogP contribution in [-0.4, -0.2) is 72.3 Å². The number of piperidine rings is 1. The van der Waals surface area contributed by atoms with Crippen molar-refractivity contribution in [3.63, 3.8) is 0 Å². The zero-order chi connectivity index (χ0) is 25.5. The summed E-state index contributed by atoms with van der Waals surface area (Å²) in [6.45, 7) is 7.04. The molecule has 1 N–H and O–H groups in total. The van der Waals surface area contributed by atoms with Crippen molar-refractivity contribution in [2.75, 3.05) is 51.8 Å². The lowest BCUT2D eigenvalue weighted by Gasteiger charge is -2.32. The van der Waals surface area contributed by atoms with E-state index in [1.807, 2.05) is 12.1 Å². The smallest absolute Gasteiger partial charge is 0.234 e. The predicted octanol–water partition coefficient (Wildman–Crippen LogP) is 4.45. The van der Waals surface area contributed by atoms with E-state index in [4.69, 9.17) is 9.47 Å². The lowest BCUT2D eigenvalue weighted by atomic mass is 10.0. The zero-order valence-corrected chi connectivity index (χ0v) is 21.7. The third-order valence-corrected chi connectivity index (χ3v) is 7.33. The molecule has 2 fully saturated rings. The van der Waals surface area contributed by atoms with E-state index >= 15 is 0 Å². The molecule has 1 aromatic heterocycles. The summed E-state index contributed by atoms with van der Waals surface area (Å²) in [6.07, 6.45) is 5.57. The second-order valence-electron chi connectivity index (χ2n) is 9.96. The third-order valence-electron chi connectivity index (χ3n) is 7.33. The average Bonchev–Trinajstić information content (AvgIpc) is 3.46. The predicted molar refractivity (Wildman–Crippen MR) is 145 cm³/mol. The quantitative estimate of drug-likeness (QED) is 0.409. The van der Waals surface area contributed by atoms with Crippen molar-refractivity contribution in [1.29, 1.82) is 5.26 Å². The first-order chi connectivity index (χ1) is 18.2. The summed E-state index contributed by atoms with van der Waals surface area (Å²) in [5, 5.41) is 14.0. The fourth-order valence-corrected chi connectivity index (χ4v) is 5.32. The van der Waals surface area contributed by atoms with Crippen molar-refractivity contribution in [1.82, 2.24) is 19.8 Å². The summed E-state index contributed by atoms with van der Waals surface area (Å²) in [7, 11) is 1.65. The van der Waals surface area contributed by atoms with Crippen LogP contribution < -0.4 is 14.8 Å². The molecular weight excluding hydrogens is 464 g/mol. The summed E-state index contributed by atoms with van der Waals surface area (Å²) < 4.78 is 11.8. The zero-order valence-electron chi connectivity index (χ0n) is 21.7. The minimum absolute atomic E-state index is 0.154. The topological polar surface area (TPSA) is 86.5 Å². The number of nitrogens with zero attached hydrogens (tertiary/aromatic N) is 5. The number of methoxy groups -OCH3 is 1. The second-order valence-corrected chi connectivity index (χ2v) is 9.96. The Morgan fingerprint density at radius 2 is 1.78 bits per heavy atom. The first kappa shape index (κ1) is 25.2. The molecule has 2 aliphatic heterocycles. The molecule has 0 radical (unpaired) electrons. The van der Waals surface area contributed by atoms with Gasteiger partial charge >= 0.3 is 0 Å². The number of ether oxygens (including phenoxy) is 2. The normalized spacial score (nSPS) is 17.1. The minimum atomic E-state index is 0.154. The van der Waals surface area contributed by atoms with E-state index in [0.717, 1.165) is 50.8 Å². The molecule has 8 nitrogen and oxygen atoms in total. The fraction of sp³-hybridized carbons (Fsp3) is 0.483. The van der Waals surface area contributed by atoms with Crippen molar-refractivity contribution in [2.45, 2.75) is 44.7 Å². The number of hydrogen-bond donors (Lipinski definition) is 1. The van der Waals surface area contributed by atoms with Crippen molar-refractivity contribution >= 4 is 16.7 Å². The second kappa shape index (κ2) is 12.2. The Morgan fingerprint density at radius 1 is 1.00 bits per heavy atom. The van der Waals surface area contributed by atoms with E-state index < -0.39 is 0 Å². The molecule has 2 aromatic carbocycles. The van der Waals surface area contributed by atoms with Gasteiger partial charge in [0.2, 0.25) is 5.82 Å². The largest absolute Gasteiger partial charge is 0.493 e. The van der Waals surface area contributed by atoms with Gasteiger partial charge in [0.05, 0.1) is 19.2 Å². The number of benzene rings is 2. The summed E-state index contributed by atoms with van der Waals surface area (Å²) >= 11 is 0. The molecule has 2 aliphatic rings. The molecule has 2 saturated heterocycles. The van der Waals surface area contributed by atoms with Crippen molar-refractivity contribution in [3.8, 4) is 17.6 Å². The highest BCUT2D eigenvalue weighted by Crippen LogP contribution is 2.35. The number of anilines is 1. The van der Waals surface area contributed by atoms with Gasteiger partial charge in [0, 0.05) is 43.7 Å². The highest BCUT2D eigenvalue weighted by molar-refractivity contribution is 5.92. The van der Waals surface area contributed by atoms with Gasteiger partial charge in [-0.2, -0.15) is 5.26 Å². The monoisotopic (exact) mass is 500 g/mol. The van der Waals surface area contributed by atoms with Crippen molar-refractivity contribution < 1.29 is 9.47 Å². The van der Waals surface area contributed by atoms with Gasteiger partial charge in [-0.15, -0.1) is 0 Å². The minimum Gasteiger partial charge on any atom is -0.493 e. The lowest BCUT2D eigenvalue weighted by molar-refractivity contribution is 0.211. The maximum absolute atomic E-state index is 9.58. The SMILES string of the molecule is COc1cc2c(NC3CCN(Cc4ccccc4)CC3)nc(C#N)nc2cc1OCCCN1CCCC1. The number of rotatable bonds is 10. The van der Waals surface area contributed by atoms with Gasteiger partial charge in [0.15, 0.2) is 11.5 Å². The van der Waals surface area contributed by atoms with Crippen LogP contribution in [0.2, 0.25) is 0 Å². The van der Waals surface area contributed by atoms with E-state index in [1.165, 1.54) is 31.5 Å². The van der Waals surface area contributed by atoms with E-state index in [9.17, 15) is 5.26 Å². The molecule has 0 atom stereocenters. The first-order valence-electron chi connectivity index (χ1n) is 13.4. The van der Waals surface area contributed by atoms with Crippen LogP contribution >= 0.6 is 0 Å². The molecule has 0 aliphatic carbocycles. The summed E-state index contributed by atoms with van der Waals surface area (Å²) in [6, 6.07) is 16.8. The Hall–Kier alpha value is -3.41. The summed E-state index contributed by atoms with van der Waals surface area (Å²) in [5.41, 5.74) is 2.03. The first-order valence-corrected chi connectivity index (χ1v) is 13.4. The van der Waals surface area contributed by atoms with Gasteiger partial charge in [-0.3, -0.25) is 4.90 Å². The summed E-state index contributed by atoms with van der Waals surface area (Å²) in [5.74, 6) is 2.14. The van der Waals surface area contributed by atoms with Gasteiger partial charge in [-0.25, -0.2) is 9.97 Å². The van der Waals surface area contributed by atoms with Crippen LogP contribution in [0.25, 0.3) is 10.9 Å². The highest BCUT2D eigenvalue weighted by Gasteiger charge is 2.22. The molecule has 37 heavy (non-hydrogen) atoms. The standard InChI is InChI=1S/C29H36N6O2/c1-36-26-18-24-25(19-27(26)37-17-7-14-34-12-5-6-13-34)32-28(20-30)33-29(24)31-23-10-15-35(16-11-23)21-22-8-3-2-4-9-22/h2-4,8-9,18-19,23H,5-7,10-17,21H2,1H3,(H,31,32,33). The average molecular weight is 501 g/mol.